The van der Waals surface area contributed by atoms with Crippen molar-refractivity contribution in [2.75, 3.05) is 0 Å². The highest BCUT2D eigenvalue weighted by Gasteiger charge is 2.51. The zero-order valence-electron chi connectivity index (χ0n) is 10.1. The maximum Gasteiger partial charge on any atom is 0.223 e. The van der Waals surface area contributed by atoms with Gasteiger partial charge >= 0.3 is 0 Å². The molecule has 3 saturated carbocycles. The lowest BCUT2D eigenvalue weighted by atomic mass is 9.64. The van der Waals surface area contributed by atoms with E-state index >= 15 is 0 Å². The van der Waals surface area contributed by atoms with Gasteiger partial charge in [-0.3, -0.25) is 4.79 Å². The molecule has 0 aliphatic heterocycles. The van der Waals surface area contributed by atoms with E-state index in [1.807, 2.05) is 13.8 Å². The van der Waals surface area contributed by atoms with Crippen LogP contribution < -0.4 is 5.32 Å². The summed E-state index contributed by atoms with van der Waals surface area (Å²) >= 11 is 0. The highest BCUT2D eigenvalue weighted by molar-refractivity contribution is 5.79. The van der Waals surface area contributed by atoms with Crippen LogP contribution in [0.4, 0.5) is 0 Å². The van der Waals surface area contributed by atoms with Crippen molar-refractivity contribution in [2.24, 2.45) is 23.2 Å². The molecular formula is C13H21NO2. The standard InChI is InChI=1S/C13H21NO2/c1-13(2)10(6-11(13)15)14-12(16)9-4-7-3-8(7)5-9/h7-11,15H,3-6H2,1-2H3,(H,14,16). The van der Waals surface area contributed by atoms with Crippen LogP contribution in [0.1, 0.15) is 39.5 Å². The van der Waals surface area contributed by atoms with Crippen LogP contribution in [0.2, 0.25) is 0 Å². The quantitative estimate of drug-likeness (QED) is 0.741. The summed E-state index contributed by atoms with van der Waals surface area (Å²) < 4.78 is 0. The van der Waals surface area contributed by atoms with E-state index < -0.39 is 0 Å². The zero-order valence-corrected chi connectivity index (χ0v) is 10.1. The molecule has 4 atom stereocenters. The summed E-state index contributed by atoms with van der Waals surface area (Å²) in [6.07, 6.45) is 4.03. The minimum absolute atomic E-state index is 0.142. The molecule has 0 aromatic heterocycles. The Hall–Kier alpha value is -0.570. The van der Waals surface area contributed by atoms with Gasteiger partial charge in [-0.25, -0.2) is 0 Å². The molecule has 0 aromatic rings. The van der Waals surface area contributed by atoms with Gasteiger partial charge in [0.05, 0.1) is 6.10 Å². The Bertz CT molecular complexity index is 316. The van der Waals surface area contributed by atoms with Crippen molar-refractivity contribution in [1.29, 1.82) is 0 Å². The molecule has 3 heteroatoms. The molecular weight excluding hydrogens is 202 g/mol. The molecule has 3 aliphatic carbocycles. The number of amides is 1. The number of aliphatic hydroxyl groups excluding tert-OH is 1. The normalized spacial score (nSPS) is 48.1. The van der Waals surface area contributed by atoms with Gasteiger partial charge in [-0.15, -0.1) is 0 Å². The molecule has 3 aliphatic rings. The number of carbonyl (C=O) groups excluding carboxylic acids is 1. The first-order chi connectivity index (χ1) is 7.48. The first kappa shape index (κ1) is 10.6. The van der Waals surface area contributed by atoms with Crippen LogP contribution in [0.5, 0.6) is 0 Å². The second kappa shape index (κ2) is 3.22. The van der Waals surface area contributed by atoms with Crippen molar-refractivity contribution in [3.63, 3.8) is 0 Å². The van der Waals surface area contributed by atoms with Gasteiger partial charge in [0, 0.05) is 17.4 Å². The largest absolute Gasteiger partial charge is 0.392 e. The van der Waals surface area contributed by atoms with Crippen LogP contribution in [0.3, 0.4) is 0 Å². The number of aliphatic hydroxyl groups is 1. The highest BCUT2D eigenvalue weighted by atomic mass is 16.3. The lowest BCUT2D eigenvalue weighted by molar-refractivity contribution is -0.133. The summed E-state index contributed by atoms with van der Waals surface area (Å²) in [4.78, 5) is 12.0. The van der Waals surface area contributed by atoms with Crippen molar-refractivity contribution < 1.29 is 9.90 Å². The summed E-state index contributed by atoms with van der Waals surface area (Å²) in [7, 11) is 0. The second-order valence-electron chi connectivity index (χ2n) is 6.56. The Labute approximate surface area is 96.6 Å². The van der Waals surface area contributed by atoms with Gasteiger partial charge in [0.15, 0.2) is 0 Å². The van der Waals surface area contributed by atoms with Gasteiger partial charge in [-0.05, 0) is 37.5 Å². The van der Waals surface area contributed by atoms with Crippen LogP contribution in [-0.2, 0) is 4.79 Å². The van der Waals surface area contributed by atoms with Crippen LogP contribution in [-0.4, -0.2) is 23.2 Å². The topological polar surface area (TPSA) is 49.3 Å². The summed E-state index contributed by atoms with van der Waals surface area (Å²) in [5, 5.41) is 12.7. The van der Waals surface area contributed by atoms with Crippen LogP contribution in [0.15, 0.2) is 0 Å². The van der Waals surface area contributed by atoms with Gasteiger partial charge in [-0.1, -0.05) is 13.8 Å². The summed E-state index contributed by atoms with van der Waals surface area (Å²) in [6, 6.07) is 0.173. The average molecular weight is 223 g/mol. The van der Waals surface area contributed by atoms with Gasteiger partial charge in [0.2, 0.25) is 5.91 Å². The van der Waals surface area contributed by atoms with Crippen LogP contribution in [0.25, 0.3) is 0 Å². The van der Waals surface area contributed by atoms with Crippen molar-refractivity contribution >= 4 is 5.91 Å². The molecule has 0 saturated heterocycles. The summed E-state index contributed by atoms with van der Waals surface area (Å²) in [5.41, 5.74) is -0.142. The number of carbonyl (C=O) groups is 1. The van der Waals surface area contributed by atoms with Crippen LogP contribution in [0, 0.1) is 23.2 Å². The molecule has 0 heterocycles. The lowest BCUT2D eigenvalue weighted by Gasteiger charge is -2.49. The van der Waals surface area contributed by atoms with Crippen molar-refractivity contribution in [3.05, 3.63) is 0 Å². The Morgan fingerprint density at radius 2 is 1.81 bits per heavy atom. The average Bonchev–Trinajstić information content (AvgIpc) is 2.85. The first-order valence-electron chi connectivity index (χ1n) is 6.47. The number of hydrogen-bond acceptors (Lipinski definition) is 2. The third-order valence-electron chi connectivity index (χ3n) is 5.15. The van der Waals surface area contributed by atoms with Gasteiger partial charge in [-0.2, -0.15) is 0 Å². The van der Waals surface area contributed by atoms with E-state index in [4.69, 9.17) is 0 Å². The third-order valence-corrected chi connectivity index (χ3v) is 5.15. The number of hydrogen-bond donors (Lipinski definition) is 2. The minimum Gasteiger partial charge on any atom is -0.392 e. The van der Waals surface area contributed by atoms with Gasteiger partial charge in [0.25, 0.3) is 0 Å². The Balaban J connectivity index is 1.53. The SMILES string of the molecule is CC1(C)C(O)CC1NC(=O)C1CC2CC2C1. The van der Waals surface area contributed by atoms with E-state index in [0.717, 1.165) is 31.1 Å². The van der Waals surface area contributed by atoms with E-state index in [2.05, 4.69) is 5.32 Å². The fraction of sp³-hybridized carbons (Fsp3) is 0.923. The third kappa shape index (κ3) is 1.48. The van der Waals surface area contributed by atoms with Gasteiger partial charge in [0.1, 0.15) is 0 Å². The van der Waals surface area contributed by atoms with E-state index in [1.54, 1.807) is 0 Å². The maximum atomic E-state index is 12.0. The van der Waals surface area contributed by atoms with Crippen molar-refractivity contribution in [2.45, 2.75) is 51.7 Å². The van der Waals surface area contributed by atoms with Crippen LogP contribution >= 0.6 is 0 Å². The minimum atomic E-state index is -0.255. The molecule has 4 unspecified atom stereocenters. The Morgan fingerprint density at radius 3 is 2.31 bits per heavy atom. The lowest BCUT2D eigenvalue weighted by Crippen LogP contribution is -2.61. The fourth-order valence-electron chi connectivity index (χ4n) is 3.37. The highest BCUT2D eigenvalue weighted by Crippen LogP contribution is 2.54. The van der Waals surface area contributed by atoms with Crippen molar-refractivity contribution in [3.8, 4) is 0 Å². The number of rotatable bonds is 2. The van der Waals surface area contributed by atoms with E-state index in [0.29, 0.717) is 0 Å². The van der Waals surface area contributed by atoms with Gasteiger partial charge < -0.3 is 10.4 Å². The number of nitrogens with one attached hydrogen (secondary N) is 1. The molecule has 1 amide bonds. The predicted octanol–water partition coefficient (Wildman–Crippen LogP) is 1.31. The molecule has 3 rings (SSSR count). The molecule has 3 nitrogen and oxygen atoms in total. The van der Waals surface area contributed by atoms with E-state index in [9.17, 15) is 9.90 Å². The molecule has 0 spiro atoms. The Kier molecular flexibility index (Phi) is 2.13. The predicted molar refractivity (Wildman–Crippen MR) is 60.7 cm³/mol. The molecule has 2 N–H and O–H groups in total. The molecule has 0 radical (unpaired) electrons. The molecule has 90 valence electrons. The zero-order chi connectivity index (χ0) is 11.5. The van der Waals surface area contributed by atoms with E-state index in [1.165, 1.54) is 6.42 Å². The fourth-order valence-corrected chi connectivity index (χ4v) is 3.37. The summed E-state index contributed by atoms with van der Waals surface area (Å²) in [6.45, 7) is 4.05. The Morgan fingerprint density at radius 1 is 1.19 bits per heavy atom. The van der Waals surface area contributed by atoms with Crippen molar-refractivity contribution in [1.82, 2.24) is 5.32 Å². The first-order valence-corrected chi connectivity index (χ1v) is 6.47. The molecule has 3 fully saturated rings. The molecule has 16 heavy (non-hydrogen) atoms. The second-order valence-corrected chi connectivity index (χ2v) is 6.56. The molecule has 0 bridgehead atoms. The monoisotopic (exact) mass is 223 g/mol. The summed E-state index contributed by atoms with van der Waals surface area (Å²) in [5.74, 6) is 2.21. The number of fused-ring (bicyclic) bond motifs is 1. The van der Waals surface area contributed by atoms with E-state index in [-0.39, 0.29) is 29.4 Å². The smallest absolute Gasteiger partial charge is 0.223 e. The maximum absolute atomic E-state index is 12.0. The molecule has 0 aromatic carbocycles.